The minimum atomic E-state index is -0.456. The van der Waals surface area contributed by atoms with Gasteiger partial charge in [0, 0.05) is 12.3 Å². The van der Waals surface area contributed by atoms with Gasteiger partial charge in [0.05, 0.1) is 32.9 Å². The fourth-order valence-corrected chi connectivity index (χ4v) is 1.60. The van der Waals surface area contributed by atoms with Crippen LogP contribution in [0, 0.1) is 5.21 Å². The van der Waals surface area contributed by atoms with E-state index in [1.165, 1.54) is 24.8 Å². The molecule has 0 saturated carbocycles. The lowest BCUT2D eigenvalue weighted by molar-refractivity contribution is -0.840. The summed E-state index contributed by atoms with van der Waals surface area (Å²) in [6.07, 6.45) is 1.67. The molecule has 100 valence electrons. The largest absolute Gasteiger partial charge is 0.633 e. The molecule has 2 heterocycles. The van der Waals surface area contributed by atoms with Crippen molar-refractivity contribution >= 4 is 0 Å². The van der Waals surface area contributed by atoms with Crippen molar-refractivity contribution in [2.24, 2.45) is 0 Å². The molecule has 0 aliphatic rings. The summed E-state index contributed by atoms with van der Waals surface area (Å²) in [7, 11) is 3.07. The first-order chi connectivity index (χ1) is 8.96. The first-order valence-corrected chi connectivity index (χ1v) is 5.99. The van der Waals surface area contributed by atoms with Crippen molar-refractivity contribution in [2.45, 2.75) is 6.54 Å². The number of pyridine rings is 1. The van der Waals surface area contributed by atoms with E-state index in [9.17, 15) is 10.0 Å². The van der Waals surface area contributed by atoms with E-state index in [1.807, 2.05) is 18.2 Å². The van der Waals surface area contributed by atoms with Gasteiger partial charge < -0.3 is 9.85 Å². The zero-order valence-corrected chi connectivity index (χ0v) is 11.0. The summed E-state index contributed by atoms with van der Waals surface area (Å²) in [5.74, 6) is 0. The average molecular weight is 260 g/mol. The van der Waals surface area contributed by atoms with Crippen LogP contribution in [-0.2, 0) is 6.54 Å². The van der Waals surface area contributed by atoms with E-state index in [2.05, 4.69) is 10.1 Å². The molecule has 0 N–H and O–H groups in total. The lowest BCUT2D eigenvalue weighted by atomic mass is 10.2. The van der Waals surface area contributed by atoms with Crippen molar-refractivity contribution < 1.29 is 4.65 Å². The highest BCUT2D eigenvalue weighted by Gasteiger charge is 2.07. The minimum Gasteiger partial charge on any atom is -0.633 e. The number of hydrogen-bond acceptors (Lipinski definition) is 4. The predicted octanol–water partition coefficient (Wildman–Crippen LogP) is 0.880. The summed E-state index contributed by atoms with van der Waals surface area (Å²) in [4.78, 5) is 15.9. The molecule has 0 amide bonds. The topological polar surface area (TPSA) is 70.8 Å². The van der Waals surface area contributed by atoms with Crippen molar-refractivity contribution in [3.8, 4) is 11.4 Å². The number of nitrogens with zero attached hydrogens (tertiary/aromatic N) is 4. The zero-order valence-electron chi connectivity index (χ0n) is 11.0. The number of hydrogen-bond donors (Lipinski definition) is 0. The van der Waals surface area contributed by atoms with Crippen LogP contribution in [0.15, 0.2) is 41.3 Å². The molecule has 0 radical (unpaired) electrons. The van der Waals surface area contributed by atoms with Crippen LogP contribution < -0.4 is 5.56 Å². The Bertz CT molecular complexity index is 602. The van der Waals surface area contributed by atoms with Crippen LogP contribution in [-0.4, -0.2) is 40.1 Å². The van der Waals surface area contributed by atoms with Gasteiger partial charge in [-0.3, -0.25) is 9.78 Å². The smallest absolute Gasteiger partial charge is 0.266 e. The van der Waals surface area contributed by atoms with Crippen molar-refractivity contribution in [1.29, 1.82) is 0 Å². The van der Waals surface area contributed by atoms with Crippen LogP contribution in [0.2, 0.25) is 0 Å². The second-order valence-electron chi connectivity index (χ2n) is 4.79. The Morgan fingerprint density at radius 3 is 2.63 bits per heavy atom. The Morgan fingerprint density at radius 2 is 2.00 bits per heavy atom. The second kappa shape index (κ2) is 5.29. The standard InChI is InChI=1S/C13H16N4O2/c1-17(2,19)10-9-16-13(18)7-6-12(15-16)11-5-3-4-8-14-11/h3-8H,9-10H2,1-2H3. The van der Waals surface area contributed by atoms with Crippen LogP contribution in [0.4, 0.5) is 0 Å². The average Bonchev–Trinajstić information content (AvgIpc) is 2.38. The van der Waals surface area contributed by atoms with Gasteiger partial charge in [-0.2, -0.15) is 5.10 Å². The molecule has 2 aromatic rings. The molecule has 6 nitrogen and oxygen atoms in total. The lowest BCUT2D eigenvalue weighted by Crippen LogP contribution is -2.38. The third kappa shape index (κ3) is 3.70. The van der Waals surface area contributed by atoms with Gasteiger partial charge in [-0.15, -0.1) is 0 Å². The molecule has 0 fully saturated rings. The summed E-state index contributed by atoms with van der Waals surface area (Å²) >= 11 is 0. The van der Waals surface area contributed by atoms with Gasteiger partial charge in [-0.1, -0.05) is 6.07 Å². The van der Waals surface area contributed by atoms with Gasteiger partial charge in [0.15, 0.2) is 0 Å². The summed E-state index contributed by atoms with van der Waals surface area (Å²) in [6.45, 7) is 0.578. The van der Waals surface area contributed by atoms with Gasteiger partial charge >= 0.3 is 0 Å². The number of rotatable bonds is 4. The third-order valence-corrected chi connectivity index (χ3v) is 2.64. The maximum atomic E-state index is 11.7. The second-order valence-corrected chi connectivity index (χ2v) is 4.79. The van der Waals surface area contributed by atoms with E-state index in [4.69, 9.17) is 0 Å². The van der Waals surface area contributed by atoms with Gasteiger partial charge in [-0.25, -0.2) is 4.68 Å². The minimum absolute atomic E-state index is 0.215. The van der Waals surface area contributed by atoms with Gasteiger partial charge in [0.2, 0.25) is 0 Å². The van der Waals surface area contributed by atoms with Crippen LogP contribution in [0.1, 0.15) is 0 Å². The molecule has 0 saturated heterocycles. The van der Waals surface area contributed by atoms with Crippen molar-refractivity contribution in [3.63, 3.8) is 0 Å². The number of aromatic nitrogens is 3. The molecular weight excluding hydrogens is 244 g/mol. The molecule has 0 unspecified atom stereocenters. The Morgan fingerprint density at radius 1 is 1.21 bits per heavy atom. The fourth-order valence-electron chi connectivity index (χ4n) is 1.60. The van der Waals surface area contributed by atoms with E-state index in [0.717, 1.165) is 0 Å². The molecule has 6 heteroatoms. The van der Waals surface area contributed by atoms with Gasteiger partial charge in [0.1, 0.15) is 5.69 Å². The Balaban J connectivity index is 2.28. The molecular formula is C13H16N4O2. The molecule has 19 heavy (non-hydrogen) atoms. The molecule has 0 aromatic carbocycles. The maximum absolute atomic E-state index is 11.7. The predicted molar refractivity (Wildman–Crippen MR) is 72.1 cm³/mol. The highest BCUT2D eigenvalue weighted by molar-refractivity contribution is 5.52. The number of likely N-dealkylation sites (N-methyl/N-ethyl adjacent to an activating group) is 1. The monoisotopic (exact) mass is 260 g/mol. The summed E-state index contributed by atoms with van der Waals surface area (Å²) in [5.41, 5.74) is 1.11. The first-order valence-electron chi connectivity index (χ1n) is 5.99. The molecule has 2 aromatic heterocycles. The lowest BCUT2D eigenvalue weighted by Gasteiger charge is -2.33. The molecule has 0 aliphatic heterocycles. The van der Waals surface area contributed by atoms with Crippen LogP contribution in [0.3, 0.4) is 0 Å². The summed E-state index contributed by atoms with van der Waals surface area (Å²) in [5, 5.41) is 15.8. The van der Waals surface area contributed by atoms with E-state index in [0.29, 0.717) is 17.9 Å². The zero-order chi connectivity index (χ0) is 13.9. The van der Waals surface area contributed by atoms with Crippen molar-refractivity contribution in [2.75, 3.05) is 20.6 Å². The number of quaternary nitrogens is 1. The first kappa shape index (κ1) is 13.4. The molecule has 0 bridgehead atoms. The van der Waals surface area contributed by atoms with E-state index in [-0.39, 0.29) is 12.1 Å². The molecule has 2 rings (SSSR count). The van der Waals surface area contributed by atoms with Gasteiger partial charge in [0.25, 0.3) is 5.56 Å². The highest BCUT2D eigenvalue weighted by atomic mass is 16.5. The Labute approximate surface area is 111 Å². The molecule has 0 atom stereocenters. The Hall–Kier alpha value is -2.05. The highest BCUT2D eigenvalue weighted by Crippen LogP contribution is 2.10. The number of hydroxylamine groups is 3. The maximum Gasteiger partial charge on any atom is 0.266 e. The van der Waals surface area contributed by atoms with Crippen molar-refractivity contribution in [1.82, 2.24) is 14.8 Å². The summed E-state index contributed by atoms with van der Waals surface area (Å²) in [6, 6.07) is 8.58. The SMILES string of the molecule is C[N+](C)([O-])CCn1nc(-c2ccccn2)ccc1=O. The van der Waals surface area contributed by atoms with E-state index >= 15 is 0 Å². The van der Waals surface area contributed by atoms with Crippen LogP contribution >= 0.6 is 0 Å². The van der Waals surface area contributed by atoms with Crippen LogP contribution in [0.25, 0.3) is 11.4 Å². The van der Waals surface area contributed by atoms with Gasteiger partial charge in [-0.05, 0) is 18.2 Å². The van der Waals surface area contributed by atoms with Crippen molar-refractivity contribution in [3.05, 3.63) is 52.1 Å². The van der Waals surface area contributed by atoms with Crippen LogP contribution in [0.5, 0.6) is 0 Å². The molecule has 0 spiro atoms. The molecule has 0 aliphatic carbocycles. The van der Waals surface area contributed by atoms with E-state index < -0.39 is 4.65 Å². The normalized spacial score (nSPS) is 11.5. The fraction of sp³-hybridized carbons (Fsp3) is 0.308. The Kier molecular flexibility index (Phi) is 3.73. The third-order valence-electron chi connectivity index (χ3n) is 2.64. The van der Waals surface area contributed by atoms with E-state index in [1.54, 1.807) is 12.3 Å². The quantitative estimate of drug-likeness (QED) is 0.604. The summed E-state index contributed by atoms with van der Waals surface area (Å²) < 4.78 is 0.851.